The second kappa shape index (κ2) is 2.62. The summed E-state index contributed by atoms with van der Waals surface area (Å²) < 4.78 is 0. The van der Waals surface area contributed by atoms with E-state index in [1.54, 1.807) is 11.0 Å². The number of rotatable bonds is 2. The molecule has 12 heavy (non-hydrogen) atoms. The summed E-state index contributed by atoms with van der Waals surface area (Å²) in [6.45, 7) is 7.77. The van der Waals surface area contributed by atoms with Gasteiger partial charge in [-0.3, -0.25) is 0 Å². The number of urea groups is 1. The highest BCUT2D eigenvalue weighted by molar-refractivity contribution is 6.05. The average Bonchev–Trinajstić information content (AvgIpc) is 2.14. The van der Waals surface area contributed by atoms with Crippen molar-refractivity contribution in [3.63, 3.8) is 0 Å². The van der Waals surface area contributed by atoms with Crippen LogP contribution in [-0.2, 0) is 0 Å². The minimum Gasteiger partial charge on any atom is -0.385 e. The lowest BCUT2D eigenvalue weighted by Crippen LogP contribution is -2.49. The molecule has 66 valence electrons. The van der Waals surface area contributed by atoms with Gasteiger partial charge in [0.1, 0.15) is 5.84 Å². The third-order valence-electron chi connectivity index (χ3n) is 2.06. The summed E-state index contributed by atoms with van der Waals surface area (Å²) in [4.78, 5) is 16.5. The van der Waals surface area contributed by atoms with Gasteiger partial charge >= 0.3 is 6.03 Å². The maximum atomic E-state index is 11.2. The monoisotopic (exact) mass is 167 g/mol. The normalized spacial score (nSPS) is 21.0. The Morgan fingerprint density at radius 2 is 2.33 bits per heavy atom. The Morgan fingerprint density at radius 1 is 1.75 bits per heavy atom. The van der Waals surface area contributed by atoms with Gasteiger partial charge in [-0.05, 0) is 13.8 Å². The number of hydrogen-bond donors (Lipinski definition) is 1. The second-order valence-electron chi connectivity index (χ2n) is 3.24. The van der Waals surface area contributed by atoms with Gasteiger partial charge < -0.3 is 10.6 Å². The lowest BCUT2D eigenvalue weighted by atomic mass is 10.0. The summed E-state index contributed by atoms with van der Waals surface area (Å²) in [5.41, 5.74) is 5.11. The van der Waals surface area contributed by atoms with E-state index in [4.69, 9.17) is 5.73 Å². The van der Waals surface area contributed by atoms with Crippen LogP contribution in [0.3, 0.4) is 0 Å². The number of amides is 2. The lowest BCUT2D eigenvalue weighted by Gasteiger charge is -2.29. The molecule has 0 fully saturated rings. The topological polar surface area (TPSA) is 58.7 Å². The van der Waals surface area contributed by atoms with Gasteiger partial charge in [-0.2, -0.15) is 4.99 Å². The van der Waals surface area contributed by atoms with Gasteiger partial charge in [0.15, 0.2) is 0 Å². The van der Waals surface area contributed by atoms with Crippen LogP contribution in [0.2, 0.25) is 0 Å². The number of carbonyl (C=O) groups is 1. The van der Waals surface area contributed by atoms with Crippen molar-refractivity contribution < 1.29 is 4.79 Å². The summed E-state index contributed by atoms with van der Waals surface area (Å²) in [5.74, 6) is 0.370. The molecule has 0 aliphatic carbocycles. The molecule has 4 heteroatoms. The first kappa shape index (κ1) is 8.77. The Morgan fingerprint density at radius 3 is 2.67 bits per heavy atom. The van der Waals surface area contributed by atoms with Crippen molar-refractivity contribution in [2.45, 2.75) is 19.4 Å². The number of nitrogens with two attached hydrogens (primary N) is 1. The standard InChI is InChI=1S/C8H13N3O/c1-4-5-11-7(12)10-6(9)8(11,2)3/h4H,1,5H2,2-3H3,(H2,9,10,12). The van der Waals surface area contributed by atoms with E-state index in [0.29, 0.717) is 12.4 Å². The molecule has 2 N–H and O–H groups in total. The van der Waals surface area contributed by atoms with Gasteiger partial charge in [0.2, 0.25) is 0 Å². The fourth-order valence-electron chi connectivity index (χ4n) is 1.11. The molecule has 1 aliphatic heterocycles. The van der Waals surface area contributed by atoms with Crippen molar-refractivity contribution in [3.05, 3.63) is 12.7 Å². The minimum atomic E-state index is -0.467. The third-order valence-corrected chi connectivity index (χ3v) is 2.06. The molecule has 1 heterocycles. The van der Waals surface area contributed by atoms with Gasteiger partial charge in [-0.15, -0.1) is 6.58 Å². The zero-order valence-electron chi connectivity index (χ0n) is 7.37. The fraction of sp³-hybridized carbons (Fsp3) is 0.500. The number of aliphatic imine (C=N–C) groups is 1. The fourth-order valence-corrected chi connectivity index (χ4v) is 1.11. The van der Waals surface area contributed by atoms with E-state index in [2.05, 4.69) is 11.6 Å². The summed E-state index contributed by atoms with van der Waals surface area (Å²) in [7, 11) is 0. The first-order valence-corrected chi connectivity index (χ1v) is 3.77. The summed E-state index contributed by atoms with van der Waals surface area (Å²) in [5, 5.41) is 0. The quantitative estimate of drug-likeness (QED) is 0.617. The van der Waals surface area contributed by atoms with E-state index in [1.807, 2.05) is 13.8 Å². The SMILES string of the molecule is C=CCN1C(=O)N=C(N)C1(C)C. The third kappa shape index (κ3) is 1.09. The predicted octanol–water partition coefficient (Wildman–Crippen LogP) is 0.744. The molecule has 0 aromatic carbocycles. The van der Waals surface area contributed by atoms with Crippen molar-refractivity contribution in [1.29, 1.82) is 0 Å². The molecular weight excluding hydrogens is 154 g/mol. The van der Waals surface area contributed by atoms with Crippen LogP contribution in [0.25, 0.3) is 0 Å². The first-order chi connectivity index (χ1) is 5.50. The minimum absolute atomic E-state index is 0.280. The van der Waals surface area contributed by atoms with Crippen molar-refractivity contribution in [3.8, 4) is 0 Å². The van der Waals surface area contributed by atoms with Crippen molar-refractivity contribution in [2.75, 3.05) is 6.54 Å². The lowest BCUT2D eigenvalue weighted by molar-refractivity contribution is 0.194. The summed E-state index contributed by atoms with van der Waals surface area (Å²) >= 11 is 0. The van der Waals surface area contributed by atoms with Crippen LogP contribution in [0.15, 0.2) is 17.6 Å². The second-order valence-corrected chi connectivity index (χ2v) is 3.24. The van der Waals surface area contributed by atoms with Crippen LogP contribution >= 0.6 is 0 Å². The molecule has 0 saturated carbocycles. The molecular formula is C8H13N3O. The van der Waals surface area contributed by atoms with Gasteiger partial charge in [0.25, 0.3) is 0 Å². The van der Waals surface area contributed by atoms with E-state index in [0.717, 1.165) is 0 Å². The van der Waals surface area contributed by atoms with Crippen molar-refractivity contribution in [1.82, 2.24) is 4.90 Å². The molecule has 0 aromatic rings. The van der Waals surface area contributed by atoms with Crippen LogP contribution in [0.1, 0.15) is 13.8 Å². The predicted molar refractivity (Wildman–Crippen MR) is 48.0 cm³/mol. The van der Waals surface area contributed by atoms with Gasteiger partial charge in [0.05, 0.1) is 5.54 Å². The molecule has 0 atom stereocenters. The van der Waals surface area contributed by atoms with Gasteiger partial charge in [-0.1, -0.05) is 6.08 Å². The van der Waals surface area contributed by atoms with E-state index < -0.39 is 5.54 Å². The van der Waals surface area contributed by atoms with E-state index >= 15 is 0 Å². The first-order valence-electron chi connectivity index (χ1n) is 3.77. The Balaban J connectivity index is 2.91. The molecule has 2 amide bonds. The number of hydrogen-bond acceptors (Lipinski definition) is 2. The number of carbonyl (C=O) groups excluding carboxylic acids is 1. The van der Waals surface area contributed by atoms with Gasteiger partial charge in [0, 0.05) is 6.54 Å². The van der Waals surface area contributed by atoms with Crippen molar-refractivity contribution in [2.24, 2.45) is 10.7 Å². The Hall–Kier alpha value is -1.32. The maximum Gasteiger partial charge on any atom is 0.346 e. The summed E-state index contributed by atoms with van der Waals surface area (Å²) in [6.07, 6.45) is 1.66. The molecule has 0 unspecified atom stereocenters. The molecule has 0 bridgehead atoms. The number of amidine groups is 1. The molecule has 1 aliphatic rings. The molecule has 0 saturated heterocycles. The molecule has 1 rings (SSSR count). The average molecular weight is 167 g/mol. The van der Waals surface area contributed by atoms with E-state index in [-0.39, 0.29) is 6.03 Å². The maximum absolute atomic E-state index is 11.2. The zero-order valence-corrected chi connectivity index (χ0v) is 7.37. The number of nitrogens with zero attached hydrogens (tertiary/aromatic N) is 2. The van der Waals surface area contributed by atoms with Gasteiger partial charge in [-0.25, -0.2) is 4.79 Å². The van der Waals surface area contributed by atoms with Crippen LogP contribution in [0.5, 0.6) is 0 Å². The Bertz CT molecular complexity index is 255. The molecule has 0 spiro atoms. The Kier molecular flexibility index (Phi) is 1.92. The van der Waals surface area contributed by atoms with Crippen molar-refractivity contribution >= 4 is 11.9 Å². The van der Waals surface area contributed by atoms with E-state index in [9.17, 15) is 4.79 Å². The smallest absolute Gasteiger partial charge is 0.346 e. The zero-order chi connectivity index (χ0) is 9.35. The highest BCUT2D eigenvalue weighted by Crippen LogP contribution is 2.21. The van der Waals surface area contributed by atoms with Crippen LogP contribution in [0.4, 0.5) is 4.79 Å². The van der Waals surface area contributed by atoms with E-state index in [1.165, 1.54) is 0 Å². The molecule has 0 aromatic heterocycles. The Labute approximate surface area is 71.8 Å². The van der Waals surface area contributed by atoms with Crippen LogP contribution < -0.4 is 5.73 Å². The highest BCUT2D eigenvalue weighted by atomic mass is 16.2. The summed E-state index contributed by atoms with van der Waals surface area (Å²) in [6, 6.07) is -0.280. The molecule has 0 radical (unpaired) electrons. The largest absolute Gasteiger partial charge is 0.385 e. The van der Waals surface area contributed by atoms with Crippen LogP contribution in [-0.4, -0.2) is 28.9 Å². The van der Waals surface area contributed by atoms with Crippen LogP contribution in [0, 0.1) is 0 Å². The highest BCUT2D eigenvalue weighted by Gasteiger charge is 2.39. The molecule has 4 nitrogen and oxygen atoms in total.